The number of carboxylic acids is 1. The van der Waals surface area contributed by atoms with Crippen molar-refractivity contribution in [2.75, 3.05) is 0 Å². The lowest BCUT2D eigenvalue weighted by atomic mass is 9.96. The van der Waals surface area contributed by atoms with E-state index in [-0.39, 0.29) is 17.9 Å². The largest absolute Gasteiger partial charge is 0.489 e. The van der Waals surface area contributed by atoms with E-state index in [1.807, 2.05) is 31.3 Å². The minimum atomic E-state index is -3.80. The number of carboxylic acid groups (broad SMARTS) is 1. The molecule has 9 nitrogen and oxygen atoms in total. The molecule has 0 saturated carbocycles. The van der Waals surface area contributed by atoms with Crippen molar-refractivity contribution >= 4 is 21.6 Å². The number of aromatic nitrogens is 3. The molecule has 0 unspecified atom stereocenters. The molecule has 36 heavy (non-hydrogen) atoms. The summed E-state index contributed by atoms with van der Waals surface area (Å²) >= 11 is 0. The molecule has 184 valence electrons. The van der Waals surface area contributed by atoms with Gasteiger partial charge >= 0.3 is 5.97 Å². The maximum atomic E-state index is 11.7. The lowest BCUT2D eigenvalue weighted by molar-refractivity contribution is -0.137. The van der Waals surface area contributed by atoms with Crippen LogP contribution in [-0.2, 0) is 21.4 Å². The van der Waals surface area contributed by atoms with Gasteiger partial charge in [0, 0.05) is 17.3 Å². The first-order chi connectivity index (χ1) is 17.2. The van der Waals surface area contributed by atoms with Gasteiger partial charge in [-0.2, -0.15) is 5.10 Å². The number of nitrogens with zero attached hydrogens (tertiary/aromatic N) is 3. The molecule has 0 amide bonds. The molecule has 3 N–H and O–H groups in total. The molecule has 1 atom stereocenters. The van der Waals surface area contributed by atoms with Crippen molar-refractivity contribution in [2.24, 2.45) is 5.14 Å². The third-order valence-corrected chi connectivity index (χ3v) is 6.57. The Balaban J connectivity index is 1.59. The average Bonchev–Trinajstić information content (AvgIpc) is 3.30. The molecule has 0 bridgehead atoms. The summed E-state index contributed by atoms with van der Waals surface area (Å²) in [5, 5.41) is 18.6. The van der Waals surface area contributed by atoms with Crippen molar-refractivity contribution in [1.29, 1.82) is 0 Å². The predicted octanol–water partition coefficient (Wildman–Crippen LogP) is 3.51. The third-order valence-electron chi connectivity index (χ3n) is 5.66. The normalized spacial score (nSPS) is 12.1. The smallest absolute Gasteiger partial charge is 0.304 e. The monoisotopic (exact) mass is 504 g/mol. The fourth-order valence-corrected chi connectivity index (χ4v) is 4.54. The second-order valence-electron chi connectivity index (χ2n) is 8.21. The van der Waals surface area contributed by atoms with E-state index >= 15 is 0 Å². The Morgan fingerprint density at radius 3 is 2.58 bits per heavy atom. The van der Waals surface area contributed by atoms with Crippen LogP contribution in [0.5, 0.6) is 5.75 Å². The van der Waals surface area contributed by atoms with E-state index in [4.69, 9.17) is 15.0 Å². The molecule has 2 aromatic heterocycles. The Morgan fingerprint density at radius 2 is 1.94 bits per heavy atom. The molecular weight excluding hydrogens is 480 g/mol. The highest BCUT2D eigenvalue weighted by atomic mass is 32.2. The summed E-state index contributed by atoms with van der Waals surface area (Å²) < 4.78 is 31.0. The highest BCUT2D eigenvalue weighted by Gasteiger charge is 2.15. The van der Waals surface area contributed by atoms with Crippen molar-refractivity contribution in [3.8, 4) is 28.7 Å². The first-order valence-corrected chi connectivity index (χ1v) is 12.5. The topological polar surface area (TPSA) is 137 Å². The molecule has 0 radical (unpaired) electrons. The van der Waals surface area contributed by atoms with Crippen LogP contribution in [0.1, 0.15) is 36.0 Å². The van der Waals surface area contributed by atoms with Crippen LogP contribution in [0.15, 0.2) is 66.0 Å². The van der Waals surface area contributed by atoms with Crippen molar-refractivity contribution in [1.82, 2.24) is 14.6 Å². The Hall–Kier alpha value is -4.20. The van der Waals surface area contributed by atoms with Gasteiger partial charge in [0.1, 0.15) is 18.7 Å². The molecule has 4 rings (SSSR count). The molecule has 0 aliphatic heterocycles. The summed E-state index contributed by atoms with van der Waals surface area (Å²) in [4.78, 5) is 15.5. The van der Waals surface area contributed by atoms with Crippen LogP contribution in [0.25, 0.3) is 16.8 Å². The Morgan fingerprint density at radius 1 is 1.19 bits per heavy atom. The molecular formula is C26H24N4O5S. The van der Waals surface area contributed by atoms with Gasteiger partial charge in [0.25, 0.3) is 0 Å². The van der Waals surface area contributed by atoms with Crippen LogP contribution in [0.3, 0.4) is 0 Å². The lowest BCUT2D eigenvalue weighted by Crippen LogP contribution is -2.12. The summed E-state index contributed by atoms with van der Waals surface area (Å²) in [5.74, 6) is 5.02. The lowest BCUT2D eigenvalue weighted by Gasteiger charge is -2.13. The number of ether oxygens (including phenoxy) is 1. The zero-order valence-electron chi connectivity index (χ0n) is 19.7. The van der Waals surface area contributed by atoms with E-state index in [2.05, 4.69) is 21.9 Å². The molecule has 4 aromatic rings. The van der Waals surface area contributed by atoms with Gasteiger partial charge in [-0.05, 0) is 60.9 Å². The molecule has 0 aliphatic rings. The van der Waals surface area contributed by atoms with E-state index < -0.39 is 21.9 Å². The highest BCUT2D eigenvalue weighted by molar-refractivity contribution is 7.89. The summed E-state index contributed by atoms with van der Waals surface area (Å²) in [5.41, 5.74) is 4.61. The zero-order chi connectivity index (χ0) is 25.9. The third kappa shape index (κ3) is 5.54. The summed E-state index contributed by atoms with van der Waals surface area (Å²) in [6.45, 7) is 3.70. The fourth-order valence-electron chi connectivity index (χ4n) is 3.94. The number of nitrogens with two attached hydrogens (primary N) is 1. The Bertz CT molecular complexity index is 1600. The van der Waals surface area contributed by atoms with Crippen LogP contribution in [0, 0.1) is 18.8 Å². The molecule has 0 fully saturated rings. The van der Waals surface area contributed by atoms with Gasteiger partial charge in [-0.1, -0.05) is 24.1 Å². The number of benzene rings is 2. The Kier molecular flexibility index (Phi) is 7.05. The highest BCUT2D eigenvalue weighted by Crippen LogP contribution is 2.28. The van der Waals surface area contributed by atoms with E-state index in [1.54, 1.807) is 29.6 Å². The number of fused-ring (bicyclic) bond motifs is 1. The van der Waals surface area contributed by atoms with E-state index in [0.29, 0.717) is 11.4 Å². The number of hydrogen-bond donors (Lipinski definition) is 2. The van der Waals surface area contributed by atoms with Crippen molar-refractivity contribution in [3.63, 3.8) is 0 Å². The van der Waals surface area contributed by atoms with Gasteiger partial charge in [0.05, 0.1) is 17.2 Å². The van der Waals surface area contributed by atoms with E-state index in [1.165, 1.54) is 18.5 Å². The van der Waals surface area contributed by atoms with Gasteiger partial charge in [0.15, 0.2) is 5.65 Å². The number of rotatable bonds is 8. The maximum absolute atomic E-state index is 11.7. The van der Waals surface area contributed by atoms with Gasteiger partial charge in [-0.15, -0.1) is 5.92 Å². The number of primary sulfonamides is 1. The van der Waals surface area contributed by atoms with Crippen molar-refractivity contribution in [2.45, 2.75) is 37.7 Å². The van der Waals surface area contributed by atoms with Crippen LogP contribution in [-0.4, -0.2) is 34.1 Å². The molecule has 0 spiro atoms. The van der Waals surface area contributed by atoms with Crippen LogP contribution < -0.4 is 9.88 Å². The maximum Gasteiger partial charge on any atom is 0.304 e. The summed E-state index contributed by atoms with van der Waals surface area (Å²) in [6.07, 6.45) is 3.19. The summed E-state index contributed by atoms with van der Waals surface area (Å²) in [7, 11) is -3.80. The first-order valence-electron chi connectivity index (χ1n) is 11.0. The minimum Gasteiger partial charge on any atom is -0.489 e. The molecule has 2 heterocycles. The van der Waals surface area contributed by atoms with Gasteiger partial charge < -0.3 is 9.84 Å². The molecule has 10 heteroatoms. The number of sulfonamides is 1. The van der Waals surface area contributed by atoms with Gasteiger partial charge in [-0.25, -0.2) is 23.1 Å². The number of aryl methyl sites for hydroxylation is 1. The van der Waals surface area contributed by atoms with Crippen LogP contribution in [0.4, 0.5) is 0 Å². The zero-order valence-corrected chi connectivity index (χ0v) is 20.5. The van der Waals surface area contributed by atoms with E-state index in [0.717, 1.165) is 27.8 Å². The molecule has 2 aromatic carbocycles. The average molecular weight is 505 g/mol. The number of aliphatic carboxylic acids is 1. The number of carbonyl (C=O) groups is 1. The Labute approximate surface area is 208 Å². The second-order valence-corrected chi connectivity index (χ2v) is 9.77. The van der Waals surface area contributed by atoms with Gasteiger partial charge in [0.2, 0.25) is 10.0 Å². The SMILES string of the molecule is CC#C[C@@H](CC(=O)O)c1ccc(OCc2cc(-c3ccc(S(N)(=O)=O)cc3C)cn3ncnc23)cc1. The minimum absolute atomic E-state index is 0.0492. The standard InChI is InChI=1S/C26H24N4O5S/c1-3-4-19(13-25(31)32)18-5-7-22(8-6-18)35-15-21-12-20(14-30-26(21)28-16-29-30)24-10-9-23(11-17(24)2)36(27,33)34/h5-12,14,16,19H,13,15H2,1-2H3,(H,31,32)(H2,27,33,34)/t19-/m0/s1. The molecule has 0 saturated heterocycles. The van der Waals surface area contributed by atoms with Crippen LogP contribution >= 0.6 is 0 Å². The van der Waals surface area contributed by atoms with Crippen molar-refractivity contribution in [3.05, 3.63) is 77.7 Å². The predicted molar refractivity (Wildman–Crippen MR) is 134 cm³/mol. The van der Waals surface area contributed by atoms with Gasteiger partial charge in [-0.3, -0.25) is 4.79 Å². The molecule has 0 aliphatic carbocycles. The van der Waals surface area contributed by atoms with Crippen LogP contribution in [0.2, 0.25) is 0 Å². The first kappa shape index (κ1) is 24.9. The number of pyridine rings is 1. The second kappa shape index (κ2) is 10.2. The quantitative estimate of drug-likeness (QED) is 0.350. The summed E-state index contributed by atoms with van der Waals surface area (Å²) in [6, 6.07) is 13.8. The van der Waals surface area contributed by atoms with Crippen molar-refractivity contribution < 1.29 is 23.1 Å². The number of hydrogen-bond acceptors (Lipinski definition) is 6. The van der Waals surface area contributed by atoms with E-state index in [9.17, 15) is 13.2 Å². The fraction of sp³-hybridized carbons (Fsp3) is 0.192.